The van der Waals surface area contributed by atoms with Crippen molar-refractivity contribution in [2.75, 3.05) is 0 Å². The Hall–Kier alpha value is -1.15. The average molecular weight is 302 g/mol. The first-order valence-electron chi connectivity index (χ1n) is 8.53. The van der Waals surface area contributed by atoms with Crippen LogP contribution in [-0.4, -0.2) is 17.5 Å². The van der Waals surface area contributed by atoms with E-state index in [1.807, 2.05) is 19.9 Å². The van der Waals surface area contributed by atoms with Gasteiger partial charge >= 0.3 is 0 Å². The fourth-order valence-corrected chi connectivity index (χ4v) is 3.27. The van der Waals surface area contributed by atoms with Gasteiger partial charge < -0.3 is 4.74 Å². The van der Waals surface area contributed by atoms with E-state index in [1.54, 1.807) is 0 Å². The lowest BCUT2D eigenvalue weighted by Gasteiger charge is -2.10. The molecule has 0 bridgehead atoms. The van der Waals surface area contributed by atoms with E-state index in [4.69, 9.17) is 4.74 Å². The summed E-state index contributed by atoms with van der Waals surface area (Å²) >= 11 is 0. The van der Waals surface area contributed by atoms with Gasteiger partial charge in [-0.3, -0.25) is 4.79 Å². The Kier molecular flexibility index (Phi) is 5.44. The molecule has 1 fully saturated rings. The second-order valence-corrected chi connectivity index (χ2v) is 7.38. The maximum atomic E-state index is 12.5. The Morgan fingerprint density at radius 2 is 1.91 bits per heavy atom. The van der Waals surface area contributed by atoms with Gasteiger partial charge in [-0.25, -0.2) is 0 Å². The number of rotatable bonds is 0. The highest BCUT2D eigenvalue weighted by atomic mass is 16.6. The molecule has 2 nitrogen and oxygen atoms in total. The van der Waals surface area contributed by atoms with E-state index in [-0.39, 0.29) is 11.4 Å². The van der Waals surface area contributed by atoms with Crippen molar-refractivity contribution in [3.8, 4) is 0 Å². The van der Waals surface area contributed by atoms with Gasteiger partial charge in [0.15, 0.2) is 5.78 Å². The molecule has 2 unspecified atom stereocenters. The van der Waals surface area contributed by atoms with Crippen LogP contribution in [0, 0.1) is 0 Å². The lowest BCUT2D eigenvalue weighted by Crippen LogP contribution is -2.10. The summed E-state index contributed by atoms with van der Waals surface area (Å²) in [5.41, 5.74) is 4.75. The molecule has 2 rings (SSSR count). The molecule has 0 radical (unpaired) electrons. The fraction of sp³-hybridized carbons (Fsp3) is 0.650. The molecule has 0 aromatic heterocycles. The smallest absolute Gasteiger partial charge is 0.181 e. The monoisotopic (exact) mass is 302 g/mol. The average Bonchev–Trinajstić information content (AvgIpc) is 3.06. The number of carbonyl (C=O) groups excluding carboxylic acids is 1. The zero-order valence-corrected chi connectivity index (χ0v) is 14.8. The first-order chi connectivity index (χ1) is 10.3. The van der Waals surface area contributed by atoms with Gasteiger partial charge in [-0.2, -0.15) is 0 Å². The minimum atomic E-state index is 0.0657. The zero-order valence-electron chi connectivity index (χ0n) is 14.8. The summed E-state index contributed by atoms with van der Waals surface area (Å²) in [6.45, 7) is 10.5. The minimum Gasteiger partial charge on any atom is -0.366 e. The first-order valence-corrected chi connectivity index (χ1v) is 8.53. The highest BCUT2D eigenvalue weighted by Crippen LogP contribution is 2.43. The van der Waals surface area contributed by atoms with Gasteiger partial charge in [0.1, 0.15) is 0 Å². The number of hydrogen-bond donors (Lipinski definition) is 0. The molecule has 2 heteroatoms. The molecule has 2 atom stereocenters. The molecule has 122 valence electrons. The van der Waals surface area contributed by atoms with E-state index < -0.39 is 0 Å². The quantitative estimate of drug-likeness (QED) is 0.345. The first kappa shape index (κ1) is 17.2. The van der Waals surface area contributed by atoms with Gasteiger partial charge in [-0.1, -0.05) is 22.8 Å². The molecule has 1 heterocycles. The van der Waals surface area contributed by atoms with Crippen molar-refractivity contribution in [3.05, 3.63) is 34.4 Å². The molecule has 0 spiro atoms. The number of epoxide rings is 1. The van der Waals surface area contributed by atoms with Crippen molar-refractivity contribution in [1.29, 1.82) is 0 Å². The third-order valence-electron chi connectivity index (χ3n) is 5.02. The number of fused-ring (bicyclic) bond motifs is 1. The van der Waals surface area contributed by atoms with Crippen LogP contribution >= 0.6 is 0 Å². The zero-order chi connectivity index (χ0) is 16.3. The highest BCUT2D eigenvalue weighted by Gasteiger charge is 2.50. The third-order valence-corrected chi connectivity index (χ3v) is 5.02. The summed E-state index contributed by atoms with van der Waals surface area (Å²) in [6.07, 6.45) is 10.5. The molecule has 1 saturated heterocycles. The minimum absolute atomic E-state index is 0.0657. The maximum Gasteiger partial charge on any atom is 0.181 e. The van der Waals surface area contributed by atoms with Crippen molar-refractivity contribution in [1.82, 2.24) is 0 Å². The predicted octanol–water partition coefficient (Wildman–Crippen LogP) is 5.30. The van der Waals surface area contributed by atoms with Crippen molar-refractivity contribution in [2.45, 2.75) is 84.8 Å². The summed E-state index contributed by atoms with van der Waals surface area (Å²) in [5, 5.41) is 0. The molecule has 2 aliphatic rings. The van der Waals surface area contributed by atoms with Gasteiger partial charge in [0.05, 0.1) is 11.7 Å². The Morgan fingerprint density at radius 1 is 1.18 bits per heavy atom. The van der Waals surface area contributed by atoms with Gasteiger partial charge in [0, 0.05) is 0 Å². The number of hydrogen-bond acceptors (Lipinski definition) is 2. The van der Waals surface area contributed by atoms with Crippen molar-refractivity contribution in [3.63, 3.8) is 0 Å². The molecular weight excluding hydrogens is 272 g/mol. The van der Waals surface area contributed by atoms with E-state index in [0.29, 0.717) is 6.10 Å². The second kappa shape index (κ2) is 6.95. The van der Waals surface area contributed by atoms with Crippen LogP contribution in [0.5, 0.6) is 0 Å². The lowest BCUT2D eigenvalue weighted by molar-refractivity contribution is -0.111. The summed E-state index contributed by atoms with van der Waals surface area (Å²) in [4.78, 5) is 12.5. The standard InChI is InChI=1S/C20H30O2/c1-14(2)17-10-8-15(3)7-6-12-20(5)19(22-20)11-9-16(4)13-18(17)21/h7,13,19H,6,8-12H2,1-5H3. The molecule has 1 aliphatic carbocycles. The predicted molar refractivity (Wildman–Crippen MR) is 91.9 cm³/mol. The highest BCUT2D eigenvalue weighted by molar-refractivity contribution is 6.04. The molecule has 1 aliphatic heterocycles. The summed E-state index contributed by atoms with van der Waals surface area (Å²) < 4.78 is 5.90. The van der Waals surface area contributed by atoms with Gasteiger partial charge in [0.25, 0.3) is 0 Å². The molecule has 0 amide bonds. The van der Waals surface area contributed by atoms with E-state index in [1.165, 1.54) is 11.1 Å². The normalized spacial score (nSPS) is 30.9. The number of ketones is 1. The largest absolute Gasteiger partial charge is 0.366 e. The van der Waals surface area contributed by atoms with E-state index in [0.717, 1.165) is 49.7 Å². The molecule has 0 saturated carbocycles. The maximum absolute atomic E-state index is 12.5. The van der Waals surface area contributed by atoms with Crippen LogP contribution in [0.2, 0.25) is 0 Å². The molecule has 22 heavy (non-hydrogen) atoms. The van der Waals surface area contributed by atoms with Gasteiger partial charge in [-0.05, 0) is 84.8 Å². The van der Waals surface area contributed by atoms with Crippen LogP contribution in [0.4, 0.5) is 0 Å². The van der Waals surface area contributed by atoms with Gasteiger partial charge in [0.2, 0.25) is 0 Å². The van der Waals surface area contributed by atoms with Gasteiger partial charge in [-0.15, -0.1) is 0 Å². The summed E-state index contributed by atoms with van der Waals surface area (Å²) in [7, 11) is 0. The third kappa shape index (κ3) is 4.42. The summed E-state index contributed by atoms with van der Waals surface area (Å²) in [5.74, 6) is 0.196. The van der Waals surface area contributed by atoms with Crippen LogP contribution in [-0.2, 0) is 9.53 Å². The lowest BCUT2D eigenvalue weighted by atomic mass is 9.93. The summed E-state index contributed by atoms with van der Waals surface area (Å²) in [6, 6.07) is 0. The molecule has 0 aromatic rings. The number of carbonyl (C=O) groups is 1. The van der Waals surface area contributed by atoms with Crippen LogP contribution in [0.3, 0.4) is 0 Å². The molecule has 0 aromatic carbocycles. The van der Waals surface area contributed by atoms with Crippen molar-refractivity contribution in [2.24, 2.45) is 0 Å². The van der Waals surface area contributed by atoms with Crippen LogP contribution < -0.4 is 0 Å². The Labute approximate surface area is 135 Å². The molecular formula is C20H30O2. The molecule has 0 N–H and O–H groups in total. The van der Waals surface area contributed by atoms with Crippen molar-refractivity contribution < 1.29 is 9.53 Å². The Morgan fingerprint density at radius 3 is 2.59 bits per heavy atom. The van der Waals surface area contributed by atoms with Crippen LogP contribution in [0.15, 0.2) is 34.4 Å². The number of allylic oxidation sites excluding steroid dienone is 6. The Balaban J connectivity index is 2.17. The Bertz CT molecular complexity index is 532. The SMILES string of the molecule is CC1=CCCC2(C)OC2CCC(C)=CC(=O)C(=C(C)C)CC1. The second-order valence-electron chi connectivity index (χ2n) is 7.38. The van der Waals surface area contributed by atoms with Crippen LogP contribution in [0.25, 0.3) is 0 Å². The number of ether oxygens (including phenoxy) is 1. The van der Waals surface area contributed by atoms with E-state index in [2.05, 4.69) is 26.8 Å². The topological polar surface area (TPSA) is 29.6 Å². The van der Waals surface area contributed by atoms with E-state index in [9.17, 15) is 4.79 Å². The van der Waals surface area contributed by atoms with Crippen molar-refractivity contribution >= 4 is 5.78 Å². The fourth-order valence-electron chi connectivity index (χ4n) is 3.27. The van der Waals surface area contributed by atoms with E-state index >= 15 is 0 Å². The van der Waals surface area contributed by atoms with Crippen LogP contribution in [0.1, 0.15) is 73.1 Å².